The van der Waals surface area contributed by atoms with Gasteiger partial charge in [-0.25, -0.2) is 25.9 Å². The van der Waals surface area contributed by atoms with E-state index < -0.39 is 31.2 Å². The zero-order valence-corrected chi connectivity index (χ0v) is 13.3. The van der Waals surface area contributed by atoms with Gasteiger partial charge < -0.3 is 5.73 Å². The molecule has 0 bridgehead atoms. The highest BCUT2D eigenvalue weighted by atomic mass is 32.2. The predicted molar refractivity (Wildman–Crippen MR) is 77.5 cm³/mol. The van der Waals surface area contributed by atoms with Crippen LogP contribution in [0.5, 0.6) is 0 Å². The Bertz CT molecular complexity index is 790. The molecule has 0 aliphatic carbocycles. The van der Waals surface area contributed by atoms with E-state index in [-0.39, 0.29) is 34.1 Å². The number of benzene rings is 1. The summed E-state index contributed by atoms with van der Waals surface area (Å²) in [4.78, 5) is -0.146. The van der Waals surface area contributed by atoms with Gasteiger partial charge in [-0.1, -0.05) is 0 Å². The maximum atomic E-state index is 13.3. The number of hydrogen-bond acceptors (Lipinski definition) is 5. The van der Waals surface area contributed by atoms with Gasteiger partial charge in [-0.2, -0.15) is 0 Å². The first kappa shape index (κ1) is 16.2. The first-order valence-corrected chi connectivity index (χ1v) is 9.55. The van der Waals surface area contributed by atoms with Crippen LogP contribution in [-0.4, -0.2) is 33.9 Å². The third-order valence-corrected chi connectivity index (χ3v) is 7.15. The Hall–Kier alpha value is -1.19. The Balaban J connectivity index is 2.38. The summed E-state index contributed by atoms with van der Waals surface area (Å²) in [6.07, 6.45) is 0.199. The molecular weight excluding hydrogens is 319 g/mol. The minimum absolute atomic E-state index is 0.0590. The van der Waals surface area contributed by atoms with Crippen molar-refractivity contribution in [3.05, 3.63) is 23.5 Å². The number of sulfonamides is 1. The fraction of sp³-hybridized carbons (Fsp3) is 0.500. The maximum Gasteiger partial charge on any atom is 0.241 e. The molecule has 118 valence electrons. The molecule has 1 aromatic carbocycles. The normalized spacial score (nSPS) is 25.1. The summed E-state index contributed by atoms with van der Waals surface area (Å²) in [6, 6.07) is 2.08. The number of nitrogens with two attached hydrogens (primary N) is 1. The molecule has 1 aromatic rings. The summed E-state index contributed by atoms with van der Waals surface area (Å²) in [5.74, 6) is -1.01. The van der Waals surface area contributed by atoms with Crippen molar-refractivity contribution in [1.29, 1.82) is 0 Å². The highest BCUT2D eigenvalue weighted by Crippen LogP contribution is 2.27. The second-order valence-electron chi connectivity index (χ2n) is 5.65. The molecule has 0 saturated carbocycles. The zero-order chi connectivity index (χ0) is 16.1. The molecule has 9 heteroatoms. The third kappa shape index (κ3) is 3.35. The average molecular weight is 336 g/mol. The van der Waals surface area contributed by atoms with E-state index in [2.05, 4.69) is 4.72 Å². The summed E-state index contributed by atoms with van der Waals surface area (Å²) in [6.45, 7) is 2.99. The van der Waals surface area contributed by atoms with Crippen molar-refractivity contribution in [2.45, 2.75) is 30.7 Å². The van der Waals surface area contributed by atoms with Gasteiger partial charge in [0, 0.05) is 5.54 Å². The second-order valence-corrected chi connectivity index (χ2v) is 9.48. The van der Waals surface area contributed by atoms with Crippen molar-refractivity contribution in [3.63, 3.8) is 0 Å². The summed E-state index contributed by atoms with van der Waals surface area (Å²) >= 11 is 0. The molecule has 0 amide bonds. The minimum atomic E-state index is -3.98. The molecule has 1 aliphatic heterocycles. The number of rotatable bonds is 3. The van der Waals surface area contributed by atoms with Crippen LogP contribution < -0.4 is 10.5 Å². The quantitative estimate of drug-likeness (QED) is 0.785. The van der Waals surface area contributed by atoms with E-state index in [0.29, 0.717) is 0 Å². The van der Waals surface area contributed by atoms with Crippen molar-refractivity contribution in [2.75, 3.05) is 17.2 Å². The molecule has 1 atom stereocenters. The third-order valence-electron chi connectivity index (χ3n) is 3.47. The Morgan fingerprint density at radius 3 is 2.52 bits per heavy atom. The summed E-state index contributed by atoms with van der Waals surface area (Å²) in [7, 11) is -7.23. The van der Waals surface area contributed by atoms with Crippen LogP contribution in [-0.2, 0) is 19.9 Å². The van der Waals surface area contributed by atoms with Gasteiger partial charge in [0.1, 0.15) is 5.82 Å². The highest BCUT2D eigenvalue weighted by molar-refractivity contribution is 7.92. The van der Waals surface area contributed by atoms with E-state index in [4.69, 9.17) is 5.73 Å². The number of nitrogens with one attached hydrogen (secondary N) is 1. The number of anilines is 1. The van der Waals surface area contributed by atoms with Gasteiger partial charge in [-0.15, -0.1) is 0 Å². The molecule has 1 saturated heterocycles. The SMILES string of the molecule is Cc1cc(F)c(N)cc1S(=O)(=O)NC1(C)CCS(=O)(=O)C1. The van der Waals surface area contributed by atoms with Crippen LogP contribution in [0.4, 0.5) is 10.1 Å². The number of nitrogen functional groups attached to an aromatic ring is 1. The zero-order valence-electron chi connectivity index (χ0n) is 11.7. The van der Waals surface area contributed by atoms with Gasteiger partial charge in [0.25, 0.3) is 0 Å². The van der Waals surface area contributed by atoms with Crippen molar-refractivity contribution >= 4 is 25.5 Å². The first-order valence-electron chi connectivity index (χ1n) is 6.24. The lowest BCUT2D eigenvalue weighted by atomic mass is 10.0. The van der Waals surface area contributed by atoms with E-state index in [1.807, 2.05) is 0 Å². The molecule has 0 aromatic heterocycles. The van der Waals surface area contributed by atoms with Crippen LogP contribution in [0.15, 0.2) is 17.0 Å². The van der Waals surface area contributed by atoms with Crippen LogP contribution in [0.1, 0.15) is 18.9 Å². The van der Waals surface area contributed by atoms with Crippen molar-refractivity contribution in [2.24, 2.45) is 0 Å². The molecule has 1 aliphatic rings. The fourth-order valence-corrected chi connectivity index (χ4v) is 6.31. The number of aryl methyl sites for hydroxylation is 1. The van der Waals surface area contributed by atoms with Crippen LogP contribution in [0, 0.1) is 12.7 Å². The summed E-state index contributed by atoms with van der Waals surface area (Å²) in [5, 5.41) is 0. The van der Waals surface area contributed by atoms with Crippen molar-refractivity contribution in [3.8, 4) is 0 Å². The Morgan fingerprint density at radius 2 is 2.00 bits per heavy atom. The Kier molecular flexibility index (Phi) is 3.79. The van der Waals surface area contributed by atoms with Crippen LogP contribution >= 0.6 is 0 Å². The molecule has 0 spiro atoms. The van der Waals surface area contributed by atoms with E-state index in [1.54, 1.807) is 0 Å². The lowest BCUT2D eigenvalue weighted by Crippen LogP contribution is -2.46. The highest BCUT2D eigenvalue weighted by Gasteiger charge is 2.41. The molecule has 3 N–H and O–H groups in total. The van der Waals surface area contributed by atoms with Gasteiger partial charge in [0.15, 0.2) is 9.84 Å². The van der Waals surface area contributed by atoms with E-state index in [1.165, 1.54) is 13.8 Å². The van der Waals surface area contributed by atoms with Crippen LogP contribution in [0.25, 0.3) is 0 Å². The van der Waals surface area contributed by atoms with Crippen LogP contribution in [0.3, 0.4) is 0 Å². The molecule has 1 heterocycles. The van der Waals surface area contributed by atoms with E-state index in [9.17, 15) is 21.2 Å². The molecule has 1 unspecified atom stereocenters. The first-order chi connectivity index (χ1) is 9.44. The average Bonchev–Trinajstić information content (AvgIpc) is 2.56. The number of halogens is 1. The molecule has 0 radical (unpaired) electrons. The van der Waals surface area contributed by atoms with E-state index in [0.717, 1.165) is 12.1 Å². The van der Waals surface area contributed by atoms with Gasteiger partial charge in [0.05, 0.1) is 22.1 Å². The monoisotopic (exact) mass is 336 g/mol. The van der Waals surface area contributed by atoms with Crippen molar-refractivity contribution in [1.82, 2.24) is 4.72 Å². The molecule has 21 heavy (non-hydrogen) atoms. The van der Waals surface area contributed by atoms with Gasteiger partial charge in [0.2, 0.25) is 10.0 Å². The van der Waals surface area contributed by atoms with Gasteiger partial charge in [-0.3, -0.25) is 0 Å². The Morgan fingerprint density at radius 1 is 1.38 bits per heavy atom. The predicted octanol–water partition coefficient (Wildman–Crippen LogP) is 0.572. The van der Waals surface area contributed by atoms with Crippen molar-refractivity contribution < 1.29 is 21.2 Å². The molecule has 1 fully saturated rings. The largest absolute Gasteiger partial charge is 0.396 e. The molecule has 2 rings (SSSR count). The molecule has 6 nitrogen and oxygen atoms in total. The lowest BCUT2D eigenvalue weighted by Gasteiger charge is -2.24. The Labute approximate surface area is 123 Å². The van der Waals surface area contributed by atoms with E-state index >= 15 is 0 Å². The minimum Gasteiger partial charge on any atom is -0.396 e. The smallest absolute Gasteiger partial charge is 0.241 e. The topological polar surface area (TPSA) is 106 Å². The lowest BCUT2D eigenvalue weighted by molar-refractivity contribution is 0.461. The summed E-state index contributed by atoms with van der Waals surface area (Å²) in [5.41, 5.74) is 4.28. The number of hydrogen-bond donors (Lipinski definition) is 2. The molecular formula is C12H17FN2O4S2. The second kappa shape index (κ2) is 4.92. The maximum absolute atomic E-state index is 13.3. The van der Waals surface area contributed by atoms with Gasteiger partial charge >= 0.3 is 0 Å². The van der Waals surface area contributed by atoms with Crippen LogP contribution in [0.2, 0.25) is 0 Å². The van der Waals surface area contributed by atoms with Gasteiger partial charge in [-0.05, 0) is 38.0 Å². The fourth-order valence-electron chi connectivity index (χ4n) is 2.43. The number of sulfone groups is 1. The standard InChI is InChI=1S/C12H17FN2O4S2/c1-8-5-9(13)10(14)6-11(8)21(18,19)15-12(2)3-4-20(16,17)7-12/h5-6,15H,3-4,7,14H2,1-2H3. The summed E-state index contributed by atoms with van der Waals surface area (Å²) < 4.78 is 63.6.